The molecule has 1 N–H and O–H groups in total. The van der Waals surface area contributed by atoms with Crippen LogP contribution in [0.1, 0.15) is 17.0 Å². The molecule has 1 amide bonds. The van der Waals surface area contributed by atoms with Crippen molar-refractivity contribution in [3.63, 3.8) is 0 Å². The van der Waals surface area contributed by atoms with Gasteiger partial charge in [-0.05, 0) is 42.0 Å². The van der Waals surface area contributed by atoms with Gasteiger partial charge in [-0.1, -0.05) is 6.07 Å². The molecule has 3 rings (SSSR count). The smallest absolute Gasteiger partial charge is 0.416 e. The van der Waals surface area contributed by atoms with E-state index in [4.69, 9.17) is 4.42 Å². The molecule has 0 aliphatic rings. The van der Waals surface area contributed by atoms with Crippen molar-refractivity contribution in [2.75, 3.05) is 5.32 Å². The van der Waals surface area contributed by atoms with Crippen molar-refractivity contribution in [3.05, 3.63) is 59.5 Å². The van der Waals surface area contributed by atoms with Crippen molar-refractivity contribution in [2.24, 2.45) is 0 Å². The van der Waals surface area contributed by atoms with Gasteiger partial charge in [-0.15, -0.1) is 0 Å². The number of nitrogens with zero attached hydrogens (tertiary/aromatic N) is 1. The molecule has 0 saturated carbocycles. The van der Waals surface area contributed by atoms with E-state index in [-0.39, 0.29) is 12.3 Å². The zero-order valence-corrected chi connectivity index (χ0v) is 12.6. The van der Waals surface area contributed by atoms with E-state index < -0.39 is 11.7 Å². The predicted octanol–water partition coefficient (Wildman–Crippen LogP) is 4.34. The Hall–Kier alpha value is -2.83. The van der Waals surface area contributed by atoms with Crippen LogP contribution in [0.5, 0.6) is 0 Å². The van der Waals surface area contributed by atoms with Crippen molar-refractivity contribution in [1.82, 2.24) is 4.98 Å². The zero-order chi connectivity index (χ0) is 17.3. The molecule has 0 fully saturated rings. The number of benzene rings is 2. The molecule has 3 aromatic rings. The number of hydrogen-bond acceptors (Lipinski definition) is 3. The normalized spacial score (nSPS) is 11.7. The second kappa shape index (κ2) is 5.99. The molecule has 1 heterocycles. The molecule has 0 atom stereocenters. The Morgan fingerprint density at radius 3 is 2.54 bits per heavy atom. The molecule has 0 bridgehead atoms. The largest absolute Gasteiger partial charge is 0.441 e. The third-order valence-corrected chi connectivity index (χ3v) is 3.42. The number of halogens is 3. The number of nitrogens with one attached hydrogen (secondary N) is 1. The molecule has 0 saturated heterocycles. The minimum absolute atomic E-state index is 0.0862. The average Bonchev–Trinajstić information content (AvgIpc) is 2.86. The van der Waals surface area contributed by atoms with Crippen LogP contribution in [0, 0.1) is 6.92 Å². The van der Waals surface area contributed by atoms with Crippen LogP contribution >= 0.6 is 0 Å². The van der Waals surface area contributed by atoms with Gasteiger partial charge in [0, 0.05) is 12.6 Å². The molecular formula is C17H13F3N2O2. The van der Waals surface area contributed by atoms with E-state index in [0.717, 1.165) is 17.7 Å². The first-order valence-electron chi connectivity index (χ1n) is 7.14. The highest BCUT2D eigenvalue weighted by molar-refractivity contribution is 5.92. The molecular weight excluding hydrogens is 321 g/mol. The quantitative estimate of drug-likeness (QED) is 0.775. The summed E-state index contributed by atoms with van der Waals surface area (Å²) in [6, 6.07) is 9.54. The van der Waals surface area contributed by atoms with Gasteiger partial charge in [-0.25, -0.2) is 4.98 Å². The Morgan fingerprint density at radius 1 is 1.17 bits per heavy atom. The summed E-state index contributed by atoms with van der Waals surface area (Å²) >= 11 is 0. The number of alkyl halides is 3. The maximum absolute atomic E-state index is 12.5. The third-order valence-electron chi connectivity index (χ3n) is 3.42. The van der Waals surface area contributed by atoms with Gasteiger partial charge in [0.25, 0.3) is 0 Å². The van der Waals surface area contributed by atoms with E-state index >= 15 is 0 Å². The summed E-state index contributed by atoms with van der Waals surface area (Å²) < 4.78 is 42.9. The first kappa shape index (κ1) is 16.0. The lowest BCUT2D eigenvalue weighted by Gasteiger charge is -2.09. The molecule has 4 nitrogen and oxygen atoms in total. The average molecular weight is 334 g/mol. The number of aromatic nitrogens is 1. The molecule has 1 aromatic heterocycles. The van der Waals surface area contributed by atoms with Crippen LogP contribution in [-0.4, -0.2) is 10.9 Å². The Morgan fingerprint density at radius 2 is 1.88 bits per heavy atom. The number of fused-ring (bicyclic) bond motifs is 1. The van der Waals surface area contributed by atoms with Crippen LogP contribution in [0.3, 0.4) is 0 Å². The van der Waals surface area contributed by atoms with E-state index in [1.54, 1.807) is 25.1 Å². The Bertz CT molecular complexity index is 883. The molecule has 7 heteroatoms. The molecule has 0 spiro atoms. The summed E-state index contributed by atoms with van der Waals surface area (Å²) in [5, 5.41) is 2.57. The van der Waals surface area contributed by atoms with Gasteiger partial charge in [-0.3, -0.25) is 4.79 Å². The molecule has 0 radical (unpaired) electrons. The maximum Gasteiger partial charge on any atom is 0.416 e. The monoisotopic (exact) mass is 334 g/mol. The molecule has 0 aliphatic carbocycles. The maximum atomic E-state index is 12.5. The topological polar surface area (TPSA) is 55.1 Å². The fourth-order valence-corrected chi connectivity index (χ4v) is 2.33. The second-order valence-corrected chi connectivity index (χ2v) is 5.34. The van der Waals surface area contributed by atoms with Crippen molar-refractivity contribution >= 4 is 22.7 Å². The summed E-state index contributed by atoms with van der Waals surface area (Å²) in [7, 11) is 0. The molecule has 124 valence electrons. The number of aryl methyl sites for hydroxylation is 1. The highest BCUT2D eigenvalue weighted by atomic mass is 19.4. The van der Waals surface area contributed by atoms with Crippen LogP contribution < -0.4 is 5.32 Å². The number of oxazole rings is 1. The first-order chi connectivity index (χ1) is 11.3. The number of rotatable bonds is 3. The van der Waals surface area contributed by atoms with E-state index in [9.17, 15) is 18.0 Å². The van der Waals surface area contributed by atoms with Crippen molar-refractivity contribution in [3.8, 4) is 0 Å². The van der Waals surface area contributed by atoms with E-state index in [1.807, 2.05) is 0 Å². The second-order valence-electron chi connectivity index (χ2n) is 5.34. The van der Waals surface area contributed by atoms with Crippen molar-refractivity contribution in [2.45, 2.75) is 19.5 Å². The van der Waals surface area contributed by atoms with Crippen LogP contribution in [0.4, 0.5) is 18.9 Å². The predicted molar refractivity (Wildman–Crippen MR) is 82.5 cm³/mol. The van der Waals surface area contributed by atoms with Gasteiger partial charge in [0.05, 0.1) is 12.0 Å². The fraction of sp³-hybridized carbons (Fsp3) is 0.176. The van der Waals surface area contributed by atoms with Gasteiger partial charge in [0.1, 0.15) is 5.52 Å². The highest BCUT2D eigenvalue weighted by Gasteiger charge is 2.29. The van der Waals surface area contributed by atoms with Gasteiger partial charge in [-0.2, -0.15) is 13.2 Å². The summed E-state index contributed by atoms with van der Waals surface area (Å²) in [4.78, 5) is 16.2. The lowest BCUT2D eigenvalue weighted by atomic mass is 10.1. The lowest BCUT2D eigenvalue weighted by molar-refractivity contribution is -0.137. The van der Waals surface area contributed by atoms with Crippen molar-refractivity contribution in [1.29, 1.82) is 0 Å². The number of amides is 1. The van der Waals surface area contributed by atoms with Crippen LogP contribution in [-0.2, 0) is 17.4 Å². The van der Waals surface area contributed by atoms with Gasteiger partial charge < -0.3 is 9.73 Å². The number of carbonyl (C=O) groups is 1. The number of carbonyl (C=O) groups excluding carboxylic acids is 1. The number of hydrogen-bond donors (Lipinski definition) is 1. The SMILES string of the molecule is Cc1nc2cc(CC(=O)Nc3ccc(C(F)(F)F)cc3)ccc2o1. The summed E-state index contributed by atoms with van der Waals surface area (Å²) in [6.45, 7) is 1.73. The summed E-state index contributed by atoms with van der Waals surface area (Å²) in [5.41, 5.74) is 1.59. The highest BCUT2D eigenvalue weighted by Crippen LogP contribution is 2.29. The Labute approximate surface area is 135 Å². The van der Waals surface area contributed by atoms with E-state index in [2.05, 4.69) is 10.3 Å². The van der Waals surface area contributed by atoms with Gasteiger partial charge >= 0.3 is 6.18 Å². The summed E-state index contributed by atoms with van der Waals surface area (Å²) in [5.74, 6) is 0.214. The van der Waals surface area contributed by atoms with Crippen molar-refractivity contribution < 1.29 is 22.4 Å². The molecule has 0 aliphatic heterocycles. The van der Waals surface area contributed by atoms with E-state index in [0.29, 0.717) is 22.7 Å². The number of anilines is 1. The molecule has 24 heavy (non-hydrogen) atoms. The zero-order valence-electron chi connectivity index (χ0n) is 12.6. The van der Waals surface area contributed by atoms with Crippen LogP contribution in [0.15, 0.2) is 46.9 Å². The Balaban J connectivity index is 1.68. The van der Waals surface area contributed by atoms with Crippen LogP contribution in [0.2, 0.25) is 0 Å². The van der Waals surface area contributed by atoms with Gasteiger partial charge in [0.2, 0.25) is 5.91 Å². The van der Waals surface area contributed by atoms with Crippen LogP contribution in [0.25, 0.3) is 11.1 Å². The van der Waals surface area contributed by atoms with E-state index in [1.165, 1.54) is 12.1 Å². The third kappa shape index (κ3) is 3.56. The van der Waals surface area contributed by atoms with Gasteiger partial charge in [0.15, 0.2) is 11.5 Å². The molecule has 2 aromatic carbocycles. The lowest BCUT2D eigenvalue weighted by Crippen LogP contribution is -2.14. The fourth-order valence-electron chi connectivity index (χ4n) is 2.33. The first-order valence-corrected chi connectivity index (χ1v) is 7.14. The minimum Gasteiger partial charge on any atom is -0.441 e. The summed E-state index contributed by atoms with van der Waals surface area (Å²) in [6.07, 6.45) is -4.31. The Kier molecular flexibility index (Phi) is 4.01. The standard InChI is InChI=1S/C17H13F3N2O2/c1-10-21-14-8-11(2-7-15(14)24-10)9-16(23)22-13-5-3-12(4-6-13)17(18,19)20/h2-8H,9H2,1H3,(H,22,23). The minimum atomic E-state index is -4.40. The molecule has 0 unspecified atom stereocenters.